The van der Waals surface area contributed by atoms with Crippen molar-refractivity contribution in [2.24, 2.45) is 5.73 Å². The lowest BCUT2D eigenvalue weighted by Crippen LogP contribution is -2.10. The molecule has 0 aliphatic carbocycles. The first kappa shape index (κ1) is 13.5. The molecule has 0 fully saturated rings. The Morgan fingerprint density at radius 2 is 2.12 bits per heavy atom. The van der Waals surface area contributed by atoms with Gasteiger partial charge in [0.2, 0.25) is 5.89 Å². The van der Waals surface area contributed by atoms with E-state index in [1.54, 1.807) is 11.8 Å². The SMILES string of the molecule is CCC[C@H](N)c1nc(CSC(C)(C)C)no1. The first-order valence-corrected chi connectivity index (χ1v) is 6.63. The highest BCUT2D eigenvalue weighted by Crippen LogP contribution is 2.26. The van der Waals surface area contributed by atoms with E-state index in [9.17, 15) is 0 Å². The molecule has 2 N–H and O–H groups in total. The standard InChI is InChI=1S/C11H21N3OS/c1-5-6-8(12)10-13-9(14-15-10)7-16-11(2,3)4/h8H,5-7,12H2,1-4H3/t8-/m0/s1. The van der Waals surface area contributed by atoms with Gasteiger partial charge in [-0.3, -0.25) is 0 Å². The molecule has 0 aliphatic rings. The molecule has 0 spiro atoms. The van der Waals surface area contributed by atoms with Crippen LogP contribution in [-0.2, 0) is 5.75 Å². The van der Waals surface area contributed by atoms with Crippen LogP contribution in [-0.4, -0.2) is 14.9 Å². The molecule has 0 saturated carbocycles. The zero-order valence-corrected chi connectivity index (χ0v) is 11.3. The van der Waals surface area contributed by atoms with Gasteiger partial charge in [-0.2, -0.15) is 4.98 Å². The maximum atomic E-state index is 5.90. The van der Waals surface area contributed by atoms with Crippen molar-refractivity contribution in [3.8, 4) is 0 Å². The molecule has 4 nitrogen and oxygen atoms in total. The molecule has 0 saturated heterocycles. The van der Waals surface area contributed by atoms with Crippen molar-refractivity contribution in [2.45, 2.75) is 57.1 Å². The van der Waals surface area contributed by atoms with Gasteiger partial charge in [-0.25, -0.2) is 0 Å². The maximum absolute atomic E-state index is 5.90. The molecule has 0 unspecified atom stereocenters. The van der Waals surface area contributed by atoms with Crippen LogP contribution < -0.4 is 5.73 Å². The smallest absolute Gasteiger partial charge is 0.243 e. The van der Waals surface area contributed by atoms with Crippen LogP contribution in [0.5, 0.6) is 0 Å². The van der Waals surface area contributed by atoms with E-state index in [4.69, 9.17) is 10.3 Å². The molecule has 1 rings (SSSR count). The number of aromatic nitrogens is 2. The highest BCUT2D eigenvalue weighted by Gasteiger charge is 2.16. The second kappa shape index (κ2) is 5.68. The summed E-state index contributed by atoms with van der Waals surface area (Å²) >= 11 is 1.80. The maximum Gasteiger partial charge on any atom is 0.243 e. The van der Waals surface area contributed by atoms with Gasteiger partial charge in [-0.15, -0.1) is 11.8 Å². The first-order chi connectivity index (χ1) is 7.42. The minimum Gasteiger partial charge on any atom is -0.338 e. The van der Waals surface area contributed by atoms with E-state index in [0.29, 0.717) is 5.89 Å². The molecular formula is C11H21N3OS. The summed E-state index contributed by atoms with van der Waals surface area (Å²) in [5.74, 6) is 2.07. The molecule has 5 heteroatoms. The van der Waals surface area contributed by atoms with E-state index in [1.807, 2.05) is 0 Å². The molecule has 0 aliphatic heterocycles. The second-order valence-corrected chi connectivity index (χ2v) is 6.65. The summed E-state index contributed by atoms with van der Waals surface area (Å²) in [7, 11) is 0. The fourth-order valence-electron chi connectivity index (χ4n) is 1.19. The molecule has 1 aromatic heterocycles. The average Bonchev–Trinajstić information content (AvgIpc) is 2.62. The van der Waals surface area contributed by atoms with E-state index < -0.39 is 0 Å². The van der Waals surface area contributed by atoms with E-state index >= 15 is 0 Å². The second-order valence-electron chi connectivity index (χ2n) is 4.85. The van der Waals surface area contributed by atoms with Gasteiger partial charge in [0.25, 0.3) is 0 Å². The Kier molecular flexibility index (Phi) is 4.80. The molecule has 1 atom stereocenters. The Labute approximate surface area is 101 Å². The number of hydrogen-bond donors (Lipinski definition) is 1. The normalized spacial score (nSPS) is 14.1. The third-order valence-corrected chi connectivity index (χ3v) is 3.30. The topological polar surface area (TPSA) is 64.9 Å². The monoisotopic (exact) mass is 243 g/mol. The quantitative estimate of drug-likeness (QED) is 0.861. The van der Waals surface area contributed by atoms with Gasteiger partial charge in [0.1, 0.15) is 0 Å². The van der Waals surface area contributed by atoms with Crippen LogP contribution in [0.25, 0.3) is 0 Å². The van der Waals surface area contributed by atoms with Gasteiger partial charge in [0.05, 0.1) is 11.8 Å². The van der Waals surface area contributed by atoms with Gasteiger partial charge >= 0.3 is 0 Å². The van der Waals surface area contributed by atoms with Crippen LogP contribution in [0.1, 0.15) is 58.3 Å². The van der Waals surface area contributed by atoms with Crippen LogP contribution in [0.2, 0.25) is 0 Å². The lowest BCUT2D eigenvalue weighted by atomic mass is 10.2. The molecule has 92 valence electrons. The van der Waals surface area contributed by atoms with Crippen LogP contribution in [0.15, 0.2) is 4.52 Å². The highest BCUT2D eigenvalue weighted by molar-refractivity contribution is 7.99. The average molecular weight is 243 g/mol. The Morgan fingerprint density at radius 1 is 1.44 bits per heavy atom. The van der Waals surface area contributed by atoms with Crippen molar-refractivity contribution in [1.82, 2.24) is 10.1 Å². The largest absolute Gasteiger partial charge is 0.338 e. The fraction of sp³-hybridized carbons (Fsp3) is 0.818. The van der Waals surface area contributed by atoms with Crippen molar-refractivity contribution >= 4 is 11.8 Å². The molecule has 0 aromatic carbocycles. The van der Waals surface area contributed by atoms with Crippen LogP contribution >= 0.6 is 11.8 Å². The summed E-state index contributed by atoms with van der Waals surface area (Å²) in [5, 5.41) is 3.94. The van der Waals surface area contributed by atoms with Crippen LogP contribution in [0.3, 0.4) is 0 Å². The van der Waals surface area contributed by atoms with Gasteiger partial charge in [0, 0.05) is 4.75 Å². The third-order valence-electron chi connectivity index (χ3n) is 2.03. The van der Waals surface area contributed by atoms with E-state index in [1.165, 1.54) is 0 Å². The summed E-state index contributed by atoms with van der Waals surface area (Å²) in [6.07, 6.45) is 1.91. The van der Waals surface area contributed by atoms with Crippen LogP contribution in [0.4, 0.5) is 0 Å². The van der Waals surface area contributed by atoms with Crippen molar-refractivity contribution < 1.29 is 4.52 Å². The summed E-state index contributed by atoms with van der Waals surface area (Å²) in [6.45, 7) is 8.59. The fourth-order valence-corrected chi connectivity index (χ4v) is 1.87. The first-order valence-electron chi connectivity index (χ1n) is 5.64. The van der Waals surface area contributed by atoms with Crippen molar-refractivity contribution in [1.29, 1.82) is 0 Å². The number of rotatable bonds is 5. The summed E-state index contributed by atoms with van der Waals surface area (Å²) < 4.78 is 5.36. The number of nitrogens with two attached hydrogens (primary N) is 1. The summed E-state index contributed by atoms with van der Waals surface area (Å²) in [6, 6.07) is -0.120. The molecule has 1 heterocycles. The molecule has 0 amide bonds. The van der Waals surface area contributed by atoms with E-state index in [-0.39, 0.29) is 10.8 Å². The molecule has 1 aromatic rings. The summed E-state index contributed by atoms with van der Waals surface area (Å²) in [5.41, 5.74) is 5.90. The molecule has 0 bridgehead atoms. The third kappa shape index (κ3) is 4.53. The number of thioether (sulfide) groups is 1. The zero-order valence-electron chi connectivity index (χ0n) is 10.5. The van der Waals surface area contributed by atoms with Gasteiger partial charge in [-0.05, 0) is 6.42 Å². The molecule has 0 radical (unpaired) electrons. The Balaban J connectivity index is 2.51. The van der Waals surface area contributed by atoms with Crippen molar-refractivity contribution in [3.05, 3.63) is 11.7 Å². The number of nitrogens with zero attached hydrogens (tertiary/aromatic N) is 2. The lowest BCUT2D eigenvalue weighted by molar-refractivity contribution is 0.345. The van der Waals surface area contributed by atoms with Crippen molar-refractivity contribution in [3.63, 3.8) is 0 Å². The Morgan fingerprint density at radius 3 is 2.69 bits per heavy atom. The van der Waals surface area contributed by atoms with E-state index in [0.717, 1.165) is 24.4 Å². The summed E-state index contributed by atoms with van der Waals surface area (Å²) in [4.78, 5) is 4.31. The van der Waals surface area contributed by atoms with Gasteiger partial charge in [-0.1, -0.05) is 39.3 Å². The zero-order chi connectivity index (χ0) is 12.2. The van der Waals surface area contributed by atoms with Crippen LogP contribution in [0, 0.1) is 0 Å². The Bertz CT molecular complexity index is 319. The van der Waals surface area contributed by atoms with Crippen molar-refractivity contribution in [2.75, 3.05) is 0 Å². The lowest BCUT2D eigenvalue weighted by Gasteiger charge is -2.15. The molecule has 16 heavy (non-hydrogen) atoms. The van der Waals surface area contributed by atoms with Gasteiger partial charge in [0.15, 0.2) is 5.82 Å². The predicted molar refractivity (Wildman–Crippen MR) is 67.2 cm³/mol. The minimum atomic E-state index is -0.120. The molecular weight excluding hydrogens is 222 g/mol. The number of hydrogen-bond acceptors (Lipinski definition) is 5. The Hall–Kier alpha value is -0.550. The highest BCUT2D eigenvalue weighted by atomic mass is 32.2. The predicted octanol–water partition coefficient (Wildman–Crippen LogP) is 2.90. The van der Waals surface area contributed by atoms with Gasteiger partial charge < -0.3 is 10.3 Å². The minimum absolute atomic E-state index is 0.120. The van der Waals surface area contributed by atoms with E-state index in [2.05, 4.69) is 37.8 Å².